The van der Waals surface area contributed by atoms with Crippen LogP contribution < -0.4 is 10.1 Å². The Morgan fingerprint density at radius 1 is 1.16 bits per heavy atom. The summed E-state index contributed by atoms with van der Waals surface area (Å²) in [7, 11) is 1.62. The number of non-ortho nitro benzene ring substituents is 1. The Morgan fingerprint density at radius 2 is 1.91 bits per heavy atom. The van der Waals surface area contributed by atoms with Crippen LogP contribution in [-0.4, -0.2) is 27.9 Å². The topological polar surface area (TPSA) is 80.0 Å². The molecular formula is C24H22N4O3S. The smallest absolute Gasteiger partial charge is 0.269 e. The molecule has 3 aromatic rings. The minimum absolute atomic E-state index is 0.0449. The Bertz CT molecular complexity index is 1150. The first-order chi connectivity index (χ1) is 15.5. The van der Waals surface area contributed by atoms with Gasteiger partial charge in [0.15, 0.2) is 5.11 Å². The normalized spacial score (nSPS) is 15.2. The van der Waals surface area contributed by atoms with Crippen molar-refractivity contribution in [1.82, 2.24) is 10.3 Å². The number of benzene rings is 3. The average molecular weight is 447 g/mol. The number of ether oxygens (including phenoxy) is 1. The van der Waals surface area contributed by atoms with Gasteiger partial charge in [0.1, 0.15) is 5.75 Å². The zero-order chi connectivity index (χ0) is 22.5. The first-order valence-electron chi connectivity index (χ1n) is 10.1. The zero-order valence-electron chi connectivity index (χ0n) is 17.5. The summed E-state index contributed by atoms with van der Waals surface area (Å²) in [6.45, 7) is 0.561. The second-order valence-corrected chi connectivity index (χ2v) is 7.72. The molecule has 1 aliphatic heterocycles. The predicted molar refractivity (Wildman–Crippen MR) is 128 cm³/mol. The average Bonchev–Trinajstić information content (AvgIpc) is 3.29. The maximum Gasteiger partial charge on any atom is 0.269 e. The van der Waals surface area contributed by atoms with Crippen LogP contribution in [0.15, 0.2) is 84.0 Å². The lowest BCUT2D eigenvalue weighted by Crippen LogP contribution is -2.36. The van der Waals surface area contributed by atoms with E-state index < -0.39 is 0 Å². The second kappa shape index (κ2) is 9.57. The van der Waals surface area contributed by atoms with Gasteiger partial charge in [-0.2, -0.15) is 5.10 Å². The molecule has 0 saturated heterocycles. The minimum atomic E-state index is -0.389. The number of hydrogen-bond donors (Lipinski definition) is 1. The number of nitro groups is 1. The summed E-state index contributed by atoms with van der Waals surface area (Å²) in [6.07, 6.45) is 0.570. The number of thiocarbonyl (C=S) groups is 1. The predicted octanol–water partition coefficient (Wildman–Crippen LogP) is 4.83. The van der Waals surface area contributed by atoms with Crippen molar-refractivity contribution in [1.29, 1.82) is 0 Å². The van der Waals surface area contributed by atoms with Gasteiger partial charge in [-0.05, 0) is 53.2 Å². The molecule has 4 rings (SSSR count). The molecule has 3 aromatic carbocycles. The lowest BCUT2D eigenvalue weighted by Gasteiger charge is -2.24. The lowest BCUT2D eigenvalue weighted by molar-refractivity contribution is -0.384. The number of hydrazone groups is 1. The molecule has 0 fully saturated rings. The highest BCUT2D eigenvalue weighted by atomic mass is 32.1. The van der Waals surface area contributed by atoms with Gasteiger partial charge in [-0.1, -0.05) is 42.5 Å². The SMILES string of the molecule is COc1ccc(C2=NN(C(=S)NCc3ccccc3)[C@H](c3cccc([N+](=O)[O-])c3)C2)cc1. The van der Waals surface area contributed by atoms with E-state index in [2.05, 4.69) is 5.32 Å². The van der Waals surface area contributed by atoms with Crippen LogP contribution in [0.3, 0.4) is 0 Å². The number of rotatable bonds is 6. The highest BCUT2D eigenvalue weighted by Gasteiger charge is 2.32. The molecule has 0 saturated carbocycles. The van der Waals surface area contributed by atoms with Crippen LogP contribution in [0.25, 0.3) is 0 Å². The molecule has 0 bridgehead atoms. The Labute approximate surface area is 191 Å². The van der Waals surface area contributed by atoms with Gasteiger partial charge in [-0.15, -0.1) is 0 Å². The molecule has 1 aliphatic rings. The quantitative estimate of drug-likeness (QED) is 0.332. The van der Waals surface area contributed by atoms with Gasteiger partial charge in [-0.25, -0.2) is 5.01 Å². The van der Waals surface area contributed by atoms with Crippen molar-refractivity contribution in [3.05, 3.63) is 106 Å². The zero-order valence-corrected chi connectivity index (χ0v) is 18.3. The van der Waals surface area contributed by atoms with Crippen molar-refractivity contribution in [2.75, 3.05) is 7.11 Å². The highest BCUT2D eigenvalue weighted by Crippen LogP contribution is 2.34. The molecule has 162 valence electrons. The van der Waals surface area contributed by atoms with Crippen LogP contribution in [0.4, 0.5) is 5.69 Å². The molecule has 0 spiro atoms. The number of hydrogen-bond acceptors (Lipinski definition) is 5. The van der Waals surface area contributed by atoms with Gasteiger partial charge < -0.3 is 10.1 Å². The van der Waals surface area contributed by atoms with Gasteiger partial charge >= 0.3 is 0 Å². The van der Waals surface area contributed by atoms with Gasteiger partial charge in [0, 0.05) is 25.1 Å². The van der Waals surface area contributed by atoms with E-state index in [1.165, 1.54) is 6.07 Å². The van der Waals surface area contributed by atoms with Gasteiger partial charge in [-0.3, -0.25) is 10.1 Å². The Hall–Kier alpha value is -3.78. The second-order valence-electron chi connectivity index (χ2n) is 7.34. The van der Waals surface area contributed by atoms with Gasteiger partial charge in [0.25, 0.3) is 5.69 Å². The maximum atomic E-state index is 11.3. The third kappa shape index (κ3) is 4.76. The fraction of sp³-hybridized carbons (Fsp3) is 0.167. The van der Waals surface area contributed by atoms with E-state index in [4.69, 9.17) is 22.1 Å². The fourth-order valence-electron chi connectivity index (χ4n) is 3.62. The van der Waals surface area contributed by atoms with Crippen LogP contribution >= 0.6 is 12.2 Å². The Balaban J connectivity index is 1.62. The minimum Gasteiger partial charge on any atom is -0.497 e. The molecule has 0 aliphatic carbocycles. The first-order valence-corrected chi connectivity index (χ1v) is 10.5. The largest absolute Gasteiger partial charge is 0.497 e. The third-order valence-electron chi connectivity index (χ3n) is 5.29. The lowest BCUT2D eigenvalue weighted by atomic mass is 9.98. The molecule has 0 radical (unpaired) electrons. The monoisotopic (exact) mass is 446 g/mol. The molecule has 8 heteroatoms. The van der Waals surface area contributed by atoms with E-state index in [0.29, 0.717) is 18.1 Å². The summed E-state index contributed by atoms with van der Waals surface area (Å²) in [6, 6.07) is 24.0. The first kappa shape index (κ1) is 21.5. The van der Waals surface area contributed by atoms with Gasteiger partial charge in [0.2, 0.25) is 0 Å². The standard InChI is InChI=1S/C24H22N4O3S/c1-31-21-12-10-18(11-13-21)22-15-23(19-8-5-9-20(14-19)28(29)30)27(26-22)24(32)25-16-17-6-3-2-4-7-17/h2-14,23H,15-16H2,1H3,(H,25,32)/t23-/m0/s1. The summed E-state index contributed by atoms with van der Waals surface area (Å²) in [5.74, 6) is 0.763. The summed E-state index contributed by atoms with van der Waals surface area (Å²) in [5, 5.41) is 21.6. The van der Waals surface area contributed by atoms with Crippen molar-refractivity contribution in [2.45, 2.75) is 19.0 Å². The molecule has 7 nitrogen and oxygen atoms in total. The number of nitrogens with one attached hydrogen (secondary N) is 1. The van der Waals surface area contributed by atoms with Crippen LogP contribution in [-0.2, 0) is 6.54 Å². The fourth-order valence-corrected chi connectivity index (χ4v) is 3.86. The Morgan fingerprint density at radius 3 is 2.59 bits per heavy atom. The van der Waals surface area contributed by atoms with E-state index in [1.54, 1.807) is 24.3 Å². The highest BCUT2D eigenvalue weighted by molar-refractivity contribution is 7.80. The van der Waals surface area contributed by atoms with Crippen LogP contribution in [0.5, 0.6) is 5.75 Å². The van der Waals surface area contributed by atoms with Crippen molar-refractivity contribution >= 4 is 28.7 Å². The molecule has 1 heterocycles. The molecule has 1 atom stereocenters. The van der Waals surface area contributed by atoms with Crippen LogP contribution in [0.2, 0.25) is 0 Å². The number of nitro benzene ring substituents is 1. The number of methoxy groups -OCH3 is 1. The third-order valence-corrected chi connectivity index (χ3v) is 5.63. The van der Waals surface area contributed by atoms with E-state index in [0.717, 1.165) is 28.2 Å². The van der Waals surface area contributed by atoms with Crippen molar-refractivity contribution in [3.63, 3.8) is 0 Å². The molecule has 0 amide bonds. The number of nitrogens with zero attached hydrogens (tertiary/aromatic N) is 3. The van der Waals surface area contributed by atoms with Crippen molar-refractivity contribution in [2.24, 2.45) is 5.10 Å². The molecule has 0 aromatic heterocycles. The maximum absolute atomic E-state index is 11.3. The molecular weight excluding hydrogens is 424 g/mol. The van der Waals surface area contributed by atoms with Crippen LogP contribution in [0.1, 0.15) is 29.2 Å². The molecule has 32 heavy (non-hydrogen) atoms. The van der Waals surface area contributed by atoms with Crippen molar-refractivity contribution in [3.8, 4) is 5.75 Å². The van der Waals surface area contributed by atoms with E-state index in [1.807, 2.05) is 60.7 Å². The van der Waals surface area contributed by atoms with Crippen molar-refractivity contribution < 1.29 is 9.66 Å². The van der Waals surface area contributed by atoms with Gasteiger partial charge in [0.05, 0.1) is 23.8 Å². The van der Waals surface area contributed by atoms with E-state index >= 15 is 0 Å². The summed E-state index contributed by atoms with van der Waals surface area (Å²) in [5.41, 5.74) is 3.74. The molecule has 1 N–H and O–H groups in total. The van der Waals surface area contributed by atoms with E-state index in [-0.39, 0.29) is 16.7 Å². The Kier molecular flexibility index (Phi) is 6.42. The summed E-state index contributed by atoms with van der Waals surface area (Å²) in [4.78, 5) is 10.9. The van der Waals surface area contributed by atoms with Crippen LogP contribution in [0, 0.1) is 10.1 Å². The summed E-state index contributed by atoms with van der Waals surface area (Å²) < 4.78 is 5.25. The van der Waals surface area contributed by atoms with E-state index in [9.17, 15) is 10.1 Å². The summed E-state index contributed by atoms with van der Waals surface area (Å²) >= 11 is 5.67. The molecule has 0 unspecified atom stereocenters.